The topological polar surface area (TPSA) is 75.5 Å². The minimum atomic E-state index is -3.90. The number of fused-ring (bicyclic) bond motifs is 1. The third-order valence-corrected chi connectivity index (χ3v) is 6.44. The van der Waals surface area contributed by atoms with Gasteiger partial charge in [0.1, 0.15) is 5.82 Å². The van der Waals surface area contributed by atoms with E-state index in [9.17, 15) is 22.0 Å². The van der Waals surface area contributed by atoms with E-state index in [0.717, 1.165) is 16.1 Å². The van der Waals surface area contributed by atoms with Crippen LogP contribution in [0.25, 0.3) is 0 Å². The van der Waals surface area contributed by atoms with E-state index in [2.05, 4.69) is 4.98 Å². The zero-order valence-electron chi connectivity index (χ0n) is 15.1. The number of sulfonamides is 1. The highest BCUT2D eigenvalue weighted by molar-refractivity contribution is 7.89. The van der Waals surface area contributed by atoms with E-state index in [-0.39, 0.29) is 29.2 Å². The molecule has 0 spiro atoms. The molecule has 27 heavy (non-hydrogen) atoms. The predicted molar refractivity (Wildman–Crippen MR) is 94.9 cm³/mol. The number of benzene rings is 1. The highest BCUT2D eigenvalue weighted by atomic mass is 32.2. The van der Waals surface area contributed by atoms with Gasteiger partial charge in [-0.15, -0.1) is 0 Å². The van der Waals surface area contributed by atoms with Gasteiger partial charge in [-0.1, -0.05) is 0 Å². The first-order chi connectivity index (χ1) is 12.6. The molecular weight excluding hydrogens is 378 g/mol. The zero-order chi connectivity index (χ0) is 19.9. The molecule has 3 rings (SSSR count). The molecule has 0 aliphatic carbocycles. The Morgan fingerprint density at radius 1 is 1.41 bits per heavy atom. The third-order valence-electron chi connectivity index (χ3n) is 4.64. The lowest BCUT2D eigenvalue weighted by molar-refractivity contribution is -0.116. The summed E-state index contributed by atoms with van der Waals surface area (Å²) >= 11 is 0. The molecule has 7 nitrogen and oxygen atoms in total. The quantitative estimate of drug-likeness (QED) is 0.775. The van der Waals surface area contributed by atoms with Crippen molar-refractivity contribution in [2.75, 3.05) is 11.9 Å². The number of alkyl halides is 2. The maximum absolute atomic E-state index is 12.9. The molecule has 1 atom stereocenters. The van der Waals surface area contributed by atoms with E-state index >= 15 is 0 Å². The van der Waals surface area contributed by atoms with Gasteiger partial charge in [-0.05, 0) is 37.1 Å². The first-order valence-electron chi connectivity index (χ1n) is 8.32. The first kappa shape index (κ1) is 19.4. The summed E-state index contributed by atoms with van der Waals surface area (Å²) in [5.41, 5.74) is 1.46. The van der Waals surface area contributed by atoms with Gasteiger partial charge in [0.2, 0.25) is 15.9 Å². The second-order valence-corrected chi connectivity index (χ2v) is 8.57. The van der Waals surface area contributed by atoms with Crippen LogP contribution in [0.1, 0.15) is 31.8 Å². The summed E-state index contributed by atoms with van der Waals surface area (Å²) in [6.45, 7) is 0.283. The number of carbonyl (C=O) groups excluding carboxylic acids is 1. The van der Waals surface area contributed by atoms with Crippen LogP contribution in [0.5, 0.6) is 0 Å². The molecule has 0 N–H and O–H groups in total. The molecular formula is C17H20F2N4O3S. The van der Waals surface area contributed by atoms with Gasteiger partial charge in [-0.3, -0.25) is 9.36 Å². The van der Waals surface area contributed by atoms with Crippen molar-refractivity contribution in [3.8, 4) is 0 Å². The average molecular weight is 398 g/mol. The van der Waals surface area contributed by atoms with Crippen LogP contribution in [0.2, 0.25) is 0 Å². The van der Waals surface area contributed by atoms with Crippen molar-refractivity contribution in [2.45, 2.75) is 44.3 Å². The molecule has 0 fully saturated rings. The summed E-state index contributed by atoms with van der Waals surface area (Å²) in [5, 5.41) is 0. The Hall–Kier alpha value is -2.33. The lowest BCUT2D eigenvalue weighted by Gasteiger charge is -2.21. The van der Waals surface area contributed by atoms with Crippen LogP contribution < -0.4 is 4.90 Å². The average Bonchev–Trinajstić information content (AvgIpc) is 3.16. The molecule has 2 aromatic rings. The van der Waals surface area contributed by atoms with E-state index in [4.69, 9.17) is 0 Å². The molecule has 0 saturated heterocycles. The van der Waals surface area contributed by atoms with Crippen LogP contribution in [0.15, 0.2) is 35.5 Å². The number of hydrogen-bond donors (Lipinski definition) is 0. The molecule has 1 aromatic heterocycles. The Morgan fingerprint density at radius 3 is 2.74 bits per heavy atom. The van der Waals surface area contributed by atoms with Crippen LogP contribution >= 0.6 is 0 Å². The van der Waals surface area contributed by atoms with Crippen LogP contribution in [0.4, 0.5) is 14.5 Å². The zero-order valence-corrected chi connectivity index (χ0v) is 15.9. The smallest absolute Gasteiger partial charge is 0.309 e. The number of amides is 1. The van der Waals surface area contributed by atoms with Crippen molar-refractivity contribution in [1.29, 1.82) is 0 Å². The van der Waals surface area contributed by atoms with Crippen molar-refractivity contribution in [2.24, 2.45) is 0 Å². The van der Waals surface area contributed by atoms with E-state index < -0.39 is 16.6 Å². The van der Waals surface area contributed by atoms with E-state index in [1.807, 2.05) is 6.92 Å². The Kier molecular flexibility index (Phi) is 5.04. The summed E-state index contributed by atoms with van der Waals surface area (Å²) in [6.07, 6.45) is 2.86. The van der Waals surface area contributed by atoms with Gasteiger partial charge in [0, 0.05) is 38.1 Å². The summed E-state index contributed by atoms with van der Waals surface area (Å²) < 4.78 is 53.2. The third kappa shape index (κ3) is 3.46. The molecule has 1 unspecified atom stereocenters. The second kappa shape index (κ2) is 7.01. The molecule has 0 bridgehead atoms. The Morgan fingerprint density at radius 2 is 2.11 bits per heavy atom. The predicted octanol–water partition coefficient (Wildman–Crippen LogP) is 2.40. The summed E-state index contributed by atoms with van der Waals surface area (Å²) in [7, 11) is -2.59. The Balaban J connectivity index is 1.88. The van der Waals surface area contributed by atoms with Crippen molar-refractivity contribution in [3.63, 3.8) is 0 Å². The van der Waals surface area contributed by atoms with E-state index in [0.29, 0.717) is 16.7 Å². The Labute approximate surface area is 156 Å². The van der Waals surface area contributed by atoms with Crippen molar-refractivity contribution in [3.05, 3.63) is 42.0 Å². The number of hydrogen-bond acceptors (Lipinski definition) is 4. The van der Waals surface area contributed by atoms with Gasteiger partial charge in [0.25, 0.3) is 0 Å². The standard InChI is InChI=1S/C17H20F2N4O3S/c1-11-8-13-9-14(4-5-15(13)23(11)12(2)24)27(25,26)21(3)10-16-20-6-7-22(16)17(18)19/h4-7,9,11,17H,8,10H2,1-3H3. The number of carbonyl (C=O) groups is 1. The number of aromatic nitrogens is 2. The first-order valence-corrected chi connectivity index (χ1v) is 9.76. The second-order valence-electron chi connectivity index (χ2n) is 6.52. The fourth-order valence-electron chi connectivity index (χ4n) is 3.36. The van der Waals surface area contributed by atoms with E-state index in [1.165, 1.54) is 26.2 Å². The van der Waals surface area contributed by atoms with Crippen LogP contribution in [0.3, 0.4) is 0 Å². The molecule has 146 valence electrons. The number of anilines is 1. The molecule has 1 aliphatic rings. The highest BCUT2D eigenvalue weighted by Crippen LogP contribution is 2.34. The van der Waals surface area contributed by atoms with Gasteiger partial charge in [-0.2, -0.15) is 13.1 Å². The fraction of sp³-hybridized carbons (Fsp3) is 0.412. The number of rotatable bonds is 5. The number of imidazole rings is 1. The fourth-order valence-corrected chi connectivity index (χ4v) is 4.53. The Bertz CT molecular complexity index is 974. The van der Waals surface area contributed by atoms with E-state index in [1.54, 1.807) is 17.0 Å². The maximum Gasteiger partial charge on any atom is 0.319 e. The lowest BCUT2D eigenvalue weighted by atomic mass is 10.1. The van der Waals surface area contributed by atoms with Crippen molar-refractivity contribution < 1.29 is 22.0 Å². The van der Waals surface area contributed by atoms with Crippen LogP contribution in [0, 0.1) is 0 Å². The maximum atomic E-state index is 12.9. The normalized spacial score (nSPS) is 17.0. The minimum absolute atomic E-state index is 0.0476. The minimum Gasteiger partial charge on any atom is -0.309 e. The van der Waals surface area contributed by atoms with Crippen molar-refractivity contribution >= 4 is 21.6 Å². The van der Waals surface area contributed by atoms with Gasteiger partial charge in [0.15, 0.2) is 0 Å². The number of halogens is 2. The van der Waals surface area contributed by atoms with Gasteiger partial charge < -0.3 is 4.90 Å². The summed E-state index contributed by atoms with van der Waals surface area (Å²) in [6, 6.07) is 4.53. The van der Waals surface area contributed by atoms with Gasteiger partial charge in [0.05, 0.1) is 11.4 Å². The highest BCUT2D eigenvalue weighted by Gasteiger charge is 2.31. The SMILES string of the molecule is CC(=O)N1c2ccc(S(=O)(=O)N(C)Cc3nccn3C(F)F)cc2CC1C. The molecule has 0 saturated carbocycles. The molecule has 1 aliphatic heterocycles. The summed E-state index contributed by atoms with van der Waals surface area (Å²) in [4.78, 5) is 17.3. The van der Waals surface area contributed by atoms with Crippen LogP contribution in [-0.2, 0) is 27.8 Å². The summed E-state index contributed by atoms with van der Waals surface area (Å²) in [5.74, 6) is -0.151. The molecule has 0 radical (unpaired) electrons. The van der Waals surface area contributed by atoms with Gasteiger partial charge >= 0.3 is 6.55 Å². The number of nitrogens with zero attached hydrogens (tertiary/aromatic N) is 4. The van der Waals surface area contributed by atoms with Gasteiger partial charge in [-0.25, -0.2) is 13.4 Å². The largest absolute Gasteiger partial charge is 0.319 e. The van der Waals surface area contributed by atoms with Crippen LogP contribution in [-0.4, -0.2) is 41.3 Å². The lowest BCUT2D eigenvalue weighted by Crippen LogP contribution is -2.33. The van der Waals surface area contributed by atoms with Crippen molar-refractivity contribution in [1.82, 2.24) is 13.9 Å². The molecule has 1 aromatic carbocycles. The monoisotopic (exact) mass is 398 g/mol. The molecule has 10 heteroatoms. The molecule has 2 heterocycles. The molecule has 1 amide bonds.